The van der Waals surface area contributed by atoms with E-state index >= 15 is 0 Å². The van der Waals surface area contributed by atoms with Gasteiger partial charge in [0.15, 0.2) is 5.96 Å². The Hall–Kier alpha value is -1.51. The van der Waals surface area contributed by atoms with Crippen LogP contribution in [0.2, 0.25) is 0 Å². The van der Waals surface area contributed by atoms with E-state index in [4.69, 9.17) is 5.73 Å². The van der Waals surface area contributed by atoms with E-state index in [0.717, 1.165) is 6.54 Å². The van der Waals surface area contributed by atoms with Gasteiger partial charge in [-0.05, 0) is 26.3 Å². The molecule has 1 rings (SSSR count). The second kappa shape index (κ2) is 5.01. The highest BCUT2D eigenvalue weighted by atomic mass is 15.2. The Morgan fingerprint density at radius 1 is 1.25 bits per heavy atom. The van der Waals surface area contributed by atoms with Gasteiger partial charge in [-0.1, -0.05) is 30.3 Å². The topological polar surface area (TPSA) is 41.6 Å². The van der Waals surface area contributed by atoms with Crippen molar-refractivity contribution in [2.75, 3.05) is 7.05 Å². The van der Waals surface area contributed by atoms with Gasteiger partial charge in [0.25, 0.3) is 0 Å². The van der Waals surface area contributed by atoms with Gasteiger partial charge in [0.05, 0.1) is 5.54 Å². The van der Waals surface area contributed by atoms with E-state index in [1.54, 1.807) is 0 Å². The van der Waals surface area contributed by atoms with Gasteiger partial charge in [-0.25, -0.2) is 4.99 Å². The van der Waals surface area contributed by atoms with Gasteiger partial charge >= 0.3 is 0 Å². The highest BCUT2D eigenvalue weighted by Gasteiger charge is 2.10. The lowest BCUT2D eigenvalue weighted by molar-refractivity contribution is 0.474. The van der Waals surface area contributed by atoms with Crippen LogP contribution in [0.25, 0.3) is 0 Å². The molecule has 3 nitrogen and oxygen atoms in total. The first kappa shape index (κ1) is 12.6. The molecule has 1 aromatic carbocycles. The van der Waals surface area contributed by atoms with Crippen molar-refractivity contribution in [2.45, 2.75) is 32.9 Å². The third-order valence-corrected chi connectivity index (χ3v) is 2.10. The number of aliphatic imine (C=N–C) groups is 1. The smallest absolute Gasteiger partial charge is 0.191 e. The molecule has 0 amide bonds. The Morgan fingerprint density at radius 2 is 1.81 bits per heavy atom. The van der Waals surface area contributed by atoms with Crippen LogP contribution in [0.4, 0.5) is 0 Å². The molecule has 0 saturated carbocycles. The van der Waals surface area contributed by atoms with E-state index in [9.17, 15) is 0 Å². The molecule has 0 aromatic heterocycles. The van der Waals surface area contributed by atoms with Crippen LogP contribution in [0.3, 0.4) is 0 Å². The minimum absolute atomic E-state index is 0.130. The summed E-state index contributed by atoms with van der Waals surface area (Å²) in [6.07, 6.45) is 0. The lowest BCUT2D eigenvalue weighted by Gasteiger charge is -2.22. The number of guanidine groups is 1. The molecule has 0 aliphatic carbocycles. The lowest BCUT2D eigenvalue weighted by Crippen LogP contribution is -2.35. The molecule has 88 valence electrons. The fraction of sp³-hybridized carbons (Fsp3) is 0.462. The fourth-order valence-electron chi connectivity index (χ4n) is 1.37. The molecular formula is C13H21N3. The normalized spacial score (nSPS) is 12.6. The average Bonchev–Trinajstić information content (AvgIpc) is 2.16. The fourth-order valence-corrected chi connectivity index (χ4v) is 1.37. The molecule has 0 aliphatic heterocycles. The maximum atomic E-state index is 5.93. The van der Waals surface area contributed by atoms with Gasteiger partial charge in [0.2, 0.25) is 0 Å². The summed E-state index contributed by atoms with van der Waals surface area (Å²) < 4.78 is 0. The number of nitrogens with two attached hydrogens (primary N) is 1. The molecule has 3 heteroatoms. The van der Waals surface area contributed by atoms with Crippen LogP contribution in [0.5, 0.6) is 0 Å². The van der Waals surface area contributed by atoms with Crippen molar-refractivity contribution in [3.63, 3.8) is 0 Å². The van der Waals surface area contributed by atoms with Crippen LogP contribution in [-0.4, -0.2) is 23.4 Å². The molecule has 0 radical (unpaired) electrons. The van der Waals surface area contributed by atoms with Crippen LogP contribution < -0.4 is 5.73 Å². The Labute approximate surface area is 98.0 Å². The highest BCUT2D eigenvalue weighted by Crippen LogP contribution is 2.08. The molecule has 16 heavy (non-hydrogen) atoms. The number of hydrogen-bond donors (Lipinski definition) is 1. The summed E-state index contributed by atoms with van der Waals surface area (Å²) in [7, 11) is 1.96. The average molecular weight is 219 g/mol. The minimum atomic E-state index is -0.130. The maximum absolute atomic E-state index is 5.93. The van der Waals surface area contributed by atoms with Crippen LogP contribution >= 0.6 is 0 Å². The first-order chi connectivity index (χ1) is 7.38. The summed E-state index contributed by atoms with van der Waals surface area (Å²) in [5.41, 5.74) is 7.03. The van der Waals surface area contributed by atoms with E-state index in [0.29, 0.717) is 5.96 Å². The summed E-state index contributed by atoms with van der Waals surface area (Å²) >= 11 is 0. The third-order valence-electron chi connectivity index (χ3n) is 2.10. The van der Waals surface area contributed by atoms with E-state index < -0.39 is 0 Å². The van der Waals surface area contributed by atoms with Crippen LogP contribution in [0.1, 0.15) is 26.3 Å². The zero-order chi connectivity index (χ0) is 12.2. The zero-order valence-corrected chi connectivity index (χ0v) is 10.6. The number of hydrogen-bond acceptors (Lipinski definition) is 1. The summed E-state index contributed by atoms with van der Waals surface area (Å²) in [4.78, 5) is 6.38. The predicted molar refractivity (Wildman–Crippen MR) is 69.3 cm³/mol. The maximum Gasteiger partial charge on any atom is 0.191 e. The Balaban J connectivity index is 2.66. The Kier molecular flexibility index (Phi) is 3.93. The predicted octanol–water partition coefficient (Wildman–Crippen LogP) is 2.23. The molecule has 0 bridgehead atoms. The molecule has 0 spiro atoms. The van der Waals surface area contributed by atoms with Crippen molar-refractivity contribution in [1.29, 1.82) is 0 Å². The largest absolute Gasteiger partial charge is 0.370 e. The van der Waals surface area contributed by atoms with Gasteiger partial charge in [-0.3, -0.25) is 0 Å². The van der Waals surface area contributed by atoms with Crippen molar-refractivity contribution in [3.8, 4) is 0 Å². The second-order valence-corrected chi connectivity index (χ2v) is 4.98. The molecular weight excluding hydrogens is 198 g/mol. The first-order valence-corrected chi connectivity index (χ1v) is 5.49. The van der Waals surface area contributed by atoms with E-state index in [1.165, 1.54) is 5.56 Å². The molecule has 2 N–H and O–H groups in total. The summed E-state index contributed by atoms with van der Waals surface area (Å²) in [5, 5.41) is 0. The van der Waals surface area contributed by atoms with Crippen molar-refractivity contribution in [1.82, 2.24) is 4.90 Å². The minimum Gasteiger partial charge on any atom is -0.370 e. The van der Waals surface area contributed by atoms with Crippen LogP contribution in [0, 0.1) is 0 Å². The van der Waals surface area contributed by atoms with Gasteiger partial charge in [-0.2, -0.15) is 0 Å². The molecule has 0 aliphatic rings. The molecule has 0 heterocycles. The van der Waals surface area contributed by atoms with Gasteiger partial charge in [0, 0.05) is 13.6 Å². The number of rotatable bonds is 2. The Bertz CT molecular complexity index is 349. The van der Waals surface area contributed by atoms with Crippen LogP contribution in [-0.2, 0) is 6.54 Å². The monoisotopic (exact) mass is 219 g/mol. The number of nitrogens with zero attached hydrogens (tertiary/aromatic N) is 2. The first-order valence-electron chi connectivity index (χ1n) is 5.49. The van der Waals surface area contributed by atoms with Crippen molar-refractivity contribution < 1.29 is 0 Å². The van der Waals surface area contributed by atoms with E-state index in [2.05, 4.69) is 17.1 Å². The number of benzene rings is 1. The standard InChI is InChI=1S/C13H21N3/c1-13(2,3)15-12(14)16(4)10-11-8-6-5-7-9-11/h5-9H,10H2,1-4H3,(H2,14,15). The third kappa shape index (κ3) is 4.34. The summed E-state index contributed by atoms with van der Waals surface area (Å²) in [6.45, 7) is 6.90. The molecule has 0 fully saturated rings. The summed E-state index contributed by atoms with van der Waals surface area (Å²) in [6, 6.07) is 10.2. The van der Waals surface area contributed by atoms with Crippen molar-refractivity contribution >= 4 is 5.96 Å². The van der Waals surface area contributed by atoms with E-state index in [-0.39, 0.29) is 5.54 Å². The lowest BCUT2D eigenvalue weighted by atomic mass is 10.1. The molecule has 0 saturated heterocycles. The van der Waals surface area contributed by atoms with Crippen molar-refractivity contribution in [2.24, 2.45) is 10.7 Å². The molecule has 0 unspecified atom stereocenters. The molecule has 1 aromatic rings. The quantitative estimate of drug-likeness (QED) is 0.612. The summed E-state index contributed by atoms with van der Waals surface area (Å²) in [5.74, 6) is 0.580. The SMILES string of the molecule is CN(Cc1ccccc1)C(N)=NC(C)(C)C. The highest BCUT2D eigenvalue weighted by molar-refractivity contribution is 5.78. The van der Waals surface area contributed by atoms with Gasteiger partial charge in [0.1, 0.15) is 0 Å². The second-order valence-electron chi connectivity index (χ2n) is 4.98. The van der Waals surface area contributed by atoms with E-state index in [1.807, 2.05) is 50.9 Å². The van der Waals surface area contributed by atoms with Gasteiger partial charge in [-0.15, -0.1) is 0 Å². The molecule has 0 atom stereocenters. The van der Waals surface area contributed by atoms with Crippen LogP contribution in [0.15, 0.2) is 35.3 Å². The van der Waals surface area contributed by atoms with Gasteiger partial charge < -0.3 is 10.6 Å². The zero-order valence-electron chi connectivity index (χ0n) is 10.6. The van der Waals surface area contributed by atoms with Crippen molar-refractivity contribution in [3.05, 3.63) is 35.9 Å². The Morgan fingerprint density at radius 3 is 2.31 bits per heavy atom.